The molecule has 0 bridgehead atoms. The molecular formula is C24H38N+. The van der Waals surface area contributed by atoms with Gasteiger partial charge in [0.15, 0.2) is 0 Å². The highest BCUT2D eigenvalue weighted by Gasteiger charge is 2.05. The van der Waals surface area contributed by atoms with E-state index < -0.39 is 0 Å². The summed E-state index contributed by atoms with van der Waals surface area (Å²) in [6.45, 7) is 1.31. The van der Waals surface area contributed by atoms with Crippen LogP contribution in [-0.4, -0.2) is 32.2 Å². The van der Waals surface area contributed by atoms with E-state index in [2.05, 4.69) is 63.6 Å². The maximum atomic E-state index is 2.30. The third kappa shape index (κ3) is 8.05. The summed E-state index contributed by atoms with van der Waals surface area (Å²) in [6, 6.07) is 15.5. The number of rotatable bonds is 12. The van der Waals surface area contributed by atoms with E-state index in [1.54, 1.807) is 0 Å². The molecule has 2 aromatic carbocycles. The van der Waals surface area contributed by atoms with E-state index in [4.69, 9.17) is 0 Å². The monoisotopic (exact) mass is 340 g/mol. The van der Waals surface area contributed by atoms with Gasteiger partial charge in [0.05, 0.1) is 27.7 Å². The van der Waals surface area contributed by atoms with E-state index >= 15 is 0 Å². The Balaban J connectivity index is 1.50. The zero-order valence-corrected chi connectivity index (χ0v) is 16.8. The van der Waals surface area contributed by atoms with E-state index in [9.17, 15) is 0 Å². The minimum atomic E-state index is 1.11. The van der Waals surface area contributed by atoms with Crippen LogP contribution in [0.25, 0.3) is 10.8 Å². The van der Waals surface area contributed by atoms with Crippen molar-refractivity contribution < 1.29 is 4.48 Å². The van der Waals surface area contributed by atoms with Gasteiger partial charge >= 0.3 is 0 Å². The number of hydrogen-bond donors (Lipinski definition) is 0. The number of unbranched alkanes of at least 4 members (excludes halogenated alkanes) is 8. The Morgan fingerprint density at radius 3 is 1.84 bits per heavy atom. The third-order valence-corrected chi connectivity index (χ3v) is 5.15. The van der Waals surface area contributed by atoms with Crippen LogP contribution in [0.15, 0.2) is 42.5 Å². The molecule has 0 radical (unpaired) electrons. The van der Waals surface area contributed by atoms with Crippen LogP contribution in [0.1, 0.15) is 63.4 Å². The number of hydrogen-bond acceptors (Lipinski definition) is 0. The summed E-state index contributed by atoms with van der Waals surface area (Å²) in [5.74, 6) is 0. The summed E-state index contributed by atoms with van der Waals surface area (Å²) in [7, 11) is 6.87. The lowest BCUT2D eigenvalue weighted by atomic mass is 9.99. The van der Waals surface area contributed by atoms with Crippen molar-refractivity contribution >= 4 is 10.8 Å². The first-order valence-electron chi connectivity index (χ1n) is 10.3. The van der Waals surface area contributed by atoms with Crippen LogP contribution in [0.5, 0.6) is 0 Å². The van der Waals surface area contributed by atoms with Crippen molar-refractivity contribution in [1.29, 1.82) is 0 Å². The van der Waals surface area contributed by atoms with Crippen LogP contribution in [0.3, 0.4) is 0 Å². The average molecular weight is 341 g/mol. The predicted octanol–water partition coefficient (Wildman–Crippen LogP) is 6.60. The third-order valence-electron chi connectivity index (χ3n) is 5.15. The molecule has 138 valence electrons. The first-order valence-corrected chi connectivity index (χ1v) is 10.3. The van der Waals surface area contributed by atoms with Gasteiger partial charge < -0.3 is 4.48 Å². The van der Waals surface area contributed by atoms with E-state index in [0.29, 0.717) is 0 Å². The second kappa shape index (κ2) is 10.6. The summed E-state index contributed by atoms with van der Waals surface area (Å²) in [6.07, 6.45) is 13.9. The van der Waals surface area contributed by atoms with Crippen molar-refractivity contribution in [3.8, 4) is 0 Å². The Morgan fingerprint density at radius 1 is 0.600 bits per heavy atom. The molecule has 0 saturated heterocycles. The second-order valence-corrected chi connectivity index (χ2v) is 8.58. The van der Waals surface area contributed by atoms with Crippen LogP contribution in [0.4, 0.5) is 0 Å². The minimum absolute atomic E-state index is 1.11. The lowest BCUT2D eigenvalue weighted by molar-refractivity contribution is -0.870. The molecule has 0 amide bonds. The maximum Gasteiger partial charge on any atom is 0.0780 e. The molecule has 0 heterocycles. The van der Waals surface area contributed by atoms with Crippen LogP contribution in [0.2, 0.25) is 0 Å². The van der Waals surface area contributed by atoms with Gasteiger partial charge in [0.1, 0.15) is 0 Å². The highest BCUT2D eigenvalue weighted by atomic mass is 15.3. The summed E-state index contributed by atoms with van der Waals surface area (Å²) < 4.78 is 1.11. The molecule has 0 aliphatic heterocycles. The molecule has 2 rings (SSSR count). The van der Waals surface area contributed by atoms with Gasteiger partial charge in [-0.3, -0.25) is 0 Å². The Morgan fingerprint density at radius 2 is 1.16 bits per heavy atom. The second-order valence-electron chi connectivity index (χ2n) is 8.58. The summed E-state index contributed by atoms with van der Waals surface area (Å²) >= 11 is 0. The van der Waals surface area contributed by atoms with Crippen molar-refractivity contribution in [2.75, 3.05) is 27.7 Å². The highest BCUT2D eigenvalue weighted by Crippen LogP contribution is 2.20. The van der Waals surface area contributed by atoms with E-state index in [0.717, 1.165) is 4.48 Å². The number of aryl methyl sites for hydroxylation is 1. The molecule has 0 saturated carbocycles. The number of benzene rings is 2. The van der Waals surface area contributed by atoms with Crippen molar-refractivity contribution in [1.82, 2.24) is 0 Å². The van der Waals surface area contributed by atoms with Gasteiger partial charge in [0.25, 0.3) is 0 Å². The molecule has 0 spiro atoms. The molecule has 0 unspecified atom stereocenters. The Kier molecular flexibility index (Phi) is 8.48. The highest BCUT2D eigenvalue weighted by molar-refractivity contribution is 5.85. The van der Waals surface area contributed by atoms with Crippen molar-refractivity contribution in [3.63, 3.8) is 0 Å². The summed E-state index contributed by atoms with van der Waals surface area (Å²) in [5, 5.41) is 2.82. The van der Waals surface area contributed by atoms with Crippen LogP contribution in [0, 0.1) is 0 Å². The minimum Gasteiger partial charge on any atom is -0.331 e. The molecular weight excluding hydrogens is 302 g/mol. The smallest absolute Gasteiger partial charge is 0.0780 e. The maximum absolute atomic E-state index is 2.30. The van der Waals surface area contributed by atoms with Crippen molar-refractivity contribution in [3.05, 3.63) is 48.0 Å². The molecule has 25 heavy (non-hydrogen) atoms. The number of nitrogens with zero attached hydrogens (tertiary/aromatic N) is 1. The molecule has 0 aliphatic carbocycles. The molecule has 1 nitrogen and oxygen atoms in total. The quantitative estimate of drug-likeness (QED) is 0.301. The Labute approximate surface area is 155 Å². The van der Waals surface area contributed by atoms with Gasteiger partial charge in [-0.25, -0.2) is 0 Å². The topological polar surface area (TPSA) is 0 Å². The van der Waals surface area contributed by atoms with Gasteiger partial charge in [-0.2, -0.15) is 0 Å². The summed E-state index contributed by atoms with van der Waals surface area (Å²) in [5.41, 5.74) is 1.52. The summed E-state index contributed by atoms with van der Waals surface area (Å²) in [4.78, 5) is 0. The first kappa shape index (κ1) is 20.0. The number of fused-ring (bicyclic) bond motifs is 1. The zero-order valence-electron chi connectivity index (χ0n) is 16.8. The molecule has 0 atom stereocenters. The largest absolute Gasteiger partial charge is 0.331 e. The fourth-order valence-corrected chi connectivity index (χ4v) is 3.65. The van der Waals surface area contributed by atoms with Gasteiger partial charge in [0.2, 0.25) is 0 Å². The van der Waals surface area contributed by atoms with E-state index in [-0.39, 0.29) is 0 Å². The Hall–Kier alpha value is -1.34. The van der Waals surface area contributed by atoms with Gasteiger partial charge in [-0.15, -0.1) is 0 Å². The normalized spacial score (nSPS) is 12.0. The van der Waals surface area contributed by atoms with Crippen LogP contribution < -0.4 is 0 Å². The van der Waals surface area contributed by atoms with Gasteiger partial charge in [-0.1, -0.05) is 81.0 Å². The van der Waals surface area contributed by atoms with Crippen LogP contribution >= 0.6 is 0 Å². The lowest BCUT2D eigenvalue weighted by Crippen LogP contribution is -2.35. The molecule has 1 heteroatoms. The predicted molar refractivity (Wildman–Crippen MR) is 112 cm³/mol. The molecule has 0 fully saturated rings. The van der Waals surface area contributed by atoms with E-state index in [1.807, 2.05) is 0 Å². The molecule has 0 aliphatic rings. The van der Waals surface area contributed by atoms with Crippen molar-refractivity contribution in [2.45, 2.75) is 64.2 Å². The molecule has 0 aromatic heterocycles. The fraction of sp³-hybridized carbons (Fsp3) is 0.583. The van der Waals surface area contributed by atoms with Gasteiger partial charge in [-0.05, 0) is 42.0 Å². The van der Waals surface area contributed by atoms with Crippen LogP contribution in [-0.2, 0) is 6.42 Å². The Bertz CT molecular complexity index is 604. The zero-order chi connectivity index (χ0) is 18.0. The van der Waals surface area contributed by atoms with E-state index in [1.165, 1.54) is 87.1 Å². The average Bonchev–Trinajstić information content (AvgIpc) is 2.59. The molecule has 2 aromatic rings. The van der Waals surface area contributed by atoms with Crippen molar-refractivity contribution in [2.24, 2.45) is 0 Å². The number of quaternary nitrogens is 1. The SMILES string of the molecule is C[N+](C)(C)CCCCCCCCCCCc1cccc2ccccc12. The first-order chi connectivity index (χ1) is 12.1. The lowest BCUT2D eigenvalue weighted by Gasteiger charge is -2.23. The standard InChI is InChI=1S/C24H38N/c1-25(2,3)21-14-10-8-6-4-5-7-9-11-16-22-18-15-19-23-17-12-13-20-24(22)23/h12-13,15,17-20H,4-11,14,16,21H2,1-3H3/q+1. The fourth-order valence-electron chi connectivity index (χ4n) is 3.65. The molecule has 0 N–H and O–H groups in total. The van der Waals surface area contributed by atoms with Gasteiger partial charge in [0, 0.05) is 0 Å².